The number of rotatable bonds is 4. The maximum Gasteiger partial charge on any atom is 0.250 e. The van der Waals surface area contributed by atoms with Crippen molar-refractivity contribution in [2.45, 2.75) is 39.3 Å². The quantitative estimate of drug-likeness (QED) is 0.628. The molecule has 1 aliphatic heterocycles. The first-order valence-electron chi connectivity index (χ1n) is 9.19. The Morgan fingerprint density at radius 2 is 2.04 bits per heavy atom. The highest BCUT2D eigenvalue weighted by molar-refractivity contribution is 5.94. The molecule has 0 spiro atoms. The summed E-state index contributed by atoms with van der Waals surface area (Å²) in [6.45, 7) is 7.97. The number of hydrogen-bond acceptors (Lipinski definition) is 7. The highest BCUT2D eigenvalue weighted by Gasteiger charge is 2.29. The van der Waals surface area contributed by atoms with E-state index in [0.29, 0.717) is 28.6 Å². The Balaban J connectivity index is 1.69. The molecule has 3 N–H and O–H groups in total. The third kappa shape index (κ3) is 3.50. The maximum absolute atomic E-state index is 12.0. The van der Waals surface area contributed by atoms with E-state index in [2.05, 4.69) is 25.9 Å². The lowest BCUT2D eigenvalue weighted by atomic mass is 9.96. The Kier molecular flexibility index (Phi) is 4.43. The van der Waals surface area contributed by atoms with Crippen LogP contribution in [0.25, 0.3) is 11.1 Å². The molecule has 0 saturated heterocycles. The number of benzene rings is 1. The Bertz CT molecular complexity index is 1040. The normalized spacial score (nSPS) is 15.8. The molecule has 0 saturated carbocycles. The van der Waals surface area contributed by atoms with Crippen LogP contribution in [0.4, 0.5) is 23.1 Å². The van der Waals surface area contributed by atoms with Crippen LogP contribution in [0.2, 0.25) is 0 Å². The van der Waals surface area contributed by atoms with Crippen molar-refractivity contribution in [3.05, 3.63) is 36.1 Å². The van der Waals surface area contributed by atoms with E-state index in [1.54, 1.807) is 12.3 Å². The largest absolute Gasteiger partial charge is 0.459 e. The van der Waals surface area contributed by atoms with E-state index in [4.69, 9.17) is 9.15 Å². The van der Waals surface area contributed by atoms with Gasteiger partial charge in [0.15, 0.2) is 11.4 Å². The molecule has 28 heavy (non-hydrogen) atoms. The molecule has 146 valence electrons. The fourth-order valence-electron chi connectivity index (χ4n) is 3.18. The molecule has 8 nitrogen and oxygen atoms in total. The standard InChI is InChI=1S/C20H23N5O3/c1-11(2)21-18-17-14(7-8-27-17)24-19(25-18)22-12-5-6-13-15(9-12)23-16(26)10-28-20(13,3)4/h5-9,11H,10H2,1-4H3,(H,23,26)(H2,21,22,24,25). The SMILES string of the molecule is CC(C)Nc1nc(Nc2ccc3c(c2)NC(=O)COC3(C)C)nc2ccoc12. The number of nitrogens with zero attached hydrogens (tertiary/aromatic N) is 2. The van der Waals surface area contributed by atoms with E-state index < -0.39 is 5.60 Å². The average molecular weight is 381 g/mol. The van der Waals surface area contributed by atoms with E-state index in [-0.39, 0.29) is 18.6 Å². The summed E-state index contributed by atoms with van der Waals surface area (Å²) in [6, 6.07) is 7.71. The van der Waals surface area contributed by atoms with Crippen molar-refractivity contribution < 1.29 is 13.9 Å². The van der Waals surface area contributed by atoms with Crippen molar-refractivity contribution in [3.63, 3.8) is 0 Å². The van der Waals surface area contributed by atoms with Crippen molar-refractivity contribution in [2.75, 3.05) is 22.6 Å². The van der Waals surface area contributed by atoms with E-state index in [9.17, 15) is 4.79 Å². The zero-order valence-electron chi connectivity index (χ0n) is 16.3. The molecule has 2 aromatic heterocycles. The molecule has 3 heterocycles. The second kappa shape index (κ2) is 6.79. The summed E-state index contributed by atoms with van der Waals surface area (Å²) in [6.07, 6.45) is 1.59. The van der Waals surface area contributed by atoms with Crippen LogP contribution in [0.3, 0.4) is 0 Å². The van der Waals surface area contributed by atoms with Crippen molar-refractivity contribution in [1.82, 2.24) is 9.97 Å². The van der Waals surface area contributed by atoms with E-state index in [1.807, 2.05) is 45.9 Å². The molecule has 0 radical (unpaired) electrons. The molecule has 8 heteroatoms. The van der Waals surface area contributed by atoms with Gasteiger partial charge in [0.05, 0.1) is 11.9 Å². The highest BCUT2D eigenvalue weighted by atomic mass is 16.5. The molecule has 0 unspecified atom stereocenters. The summed E-state index contributed by atoms with van der Waals surface area (Å²) in [4.78, 5) is 21.0. The van der Waals surface area contributed by atoms with Crippen LogP contribution in [0, 0.1) is 0 Å². The van der Waals surface area contributed by atoms with Crippen molar-refractivity contribution in [3.8, 4) is 0 Å². The van der Waals surface area contributed by atoms with E-state index in [1.165, 1.54) is 0 Å². The first kappa shape index (κ1) is 18.2. The molecule has 1 aromatic carbocycles. The van der Waals surface area contributed by atoms with Gasteiger partial charge in [-0.3, -0.25) is 4.79 Å². The number of carbonyl (C=O) groups is 1. The molecular weight excluding hydrogens is 358 g/mol. The minimum absolute atomic E-state index is 0.0228. The number of aromatic nitrogens is 2. The minimum Gasteiger partial charge on any atom is -0.459 e. The van der Waals surface area contributed by atoms with E-state index >= 15 is 0 Å². The summed E-state index contributed by atoms with van der Waals surface area (Å²) >= 11 is 0. The zero-order valence-corrected chi connectivity index (χ0v) is 16.3. The number of anilines is 4. The van der Waals surface area contributed by atoms with Crippen LogP contribution in [-0.4, -0.2) is 28.5 Å². The Morgan fingerprint density at radius 3 is 2.82 bits per heavy atom. The first-order valence-corrected chi connectivity index (χ1v) is 9.19. The van der Waals surface area contributed by atoms with Crippen molar-refractivity contribution in [2.24, 2.45) is 0 Å². The van der Waals surface area contributed by atoms with Gasteiger partial charge in [-0.25, -0.2) is 4.98 Å². The van der Waals surface area contributed by atoms with Crippen LogP contribution in [0.1, 0.15) is 33.3 Å². The van der Waals surface area contributed by atoms with Gasteiger partial charge in [-0.15, -0.1) is 0 Å². The molecule has 0 fully saturated rings. The van der Waals surface area contributed by atoms with Gasteiger partial charge in [-0.2, -0.15) is 4.98 Å². The lowest BCUT2D eigenvalue weighted by Crippen LogP contribution is -2.22. The Morgan fingerprint density at radius 1 is 1.21 bits per heavy atom. The maximum atomic E-state index is 12.0. The fraction of sp³-hybridized carbons (Fsp3) is 0.350. The summed E-state index contributed by atoms with van der Waals surface area (Å²) in [5, 5.41) is 9.39. The van der Waals surface area contributed by atoms with Gasteiger partial charge >= 0.3 is 0 Å². The molecule has 1 aliphatic rings. The highest BCUT2D eigenvalue weighted by Crippen LogP contribution is 2.35. The summed E-state index contributed by atoms with van der Waals surface area (Å²) in [5.41, 5.74) is 3.15. The number of hydrogen-bond donors (Lipinski definition) is 3. The van der Waals surface area contributed by atoms with Gasteiger partial charge < -0.3 is 25.1 Å². The first-order chi connectivity index (χ1) is 13.3. The van der Waals surface area contributed by atoms with Crippen LogP contribution in [-0.2, 0) is 15.1 Å². The molecule has 1 amide bonds. The molecule has 0 aliphatic carbocycles. The van der Waals surface area contributed by atoms with Gasteiger partial charge in [0.1, 0.15) is 12.1 Å². The molecular formula is C20H23N5O3. The van der Waals surface area contributed by atoms with Crippen LogP contribution >= 0.6 is 0 Å². The monoisotopic (exact) mass is 381 g/mol. The van der Waals surface area contributed by atoms with Crippen molar-refractivity contribution in [1.29, 1.82) is 0 Å². The lowest BCUT2D eigenvalue weighted by Gasteiger charge is -2.24. The molecule has 0 atom stereocenters. The Hall–Kier alpha value is -3.13. The van der Waals surface area contributed by atoms with Crippen molar-refractivity contribution >= 4 is 40.1 Å². The summed E-state index contributed by atoms with van der Waals surface area (Å²) in [5.74, 6) is 0.890. The third-order valence-electron chi connectivity index (χ3n) is 4.49. The molecule has 0 bridgehead atoms. The average Bonchev–Trinajstić information content (AvgIpc) is 3.04. The number of fused-ring (bicyclic) bond motifs is 2. The number of nitrogens with one attached hydrogen (secondary N) is 3. The smallest absolute Gasteiger partial charge is 0.250 e. The second-order valence-corrected chi connectivity index (χ2v) is 7.56. The molecule has 4 rings (SSSR count). The number of furan rings is 1. The second-order valence-electron chi connectivity index (χ2n) is 7.56. The Labute approximate surface area is 162 Å². The predicted molar refractivity (Wildman–Crippen MR) is 108 cm³/mol. The third-order valence-corrected chi connectivity index (χ3v) is 4.49. The van der Waals surface area contributed by atoms with Gasteiger partial charge in [0.2, 0.25) is 11.9 Å². The topological polar surface area (TPSA) is 101 Å². The van der Waals surface area contributed by atoms with Gasteiger partial charge in [0.25, 0.3) is 0 Å². The zero-order chi connectivity index (χ0) is 19.9. The van der Waals surface area contributed by atoms with E-state index in [0.717, 1.165) is 11.3 Å². The van der Waals surface area contributed by atoms with Crippen LogP contribution < -0.4 is 16.0 Å². The van der Waals surface area contributed by atoms with Crippen LogP contribution in [0.15, 0.2) is 34.9 Å². The van der Waals surface area contributed by atoms with Gasteiger partial charge in [-0.1, -0.05) is 6.07 Å². The summed E-state index contributed by atoms with van der Waals surface area (Å²) < 4.78 is 11.2. The number of carbonyl (C=O) groups excluding carboxylic acids is 1. The molecule has 3 aromatic rings. The van der Waals surface area contributed by atoms with Gasteiger partial charge in [-0.05, 0) is 39.8 Å². The van der Waals surface area contributed by atoms with Crippen LogP contribution in [0.5, 0.6) is 0 Å². The predicted octanol–water partition coefficient (Wildman–Crippen LogP) is 3.99. The number of ether oxygens (including phenoxy) is 1. The lowest BCUT2D eigenvalue weighted by molar-refractivity contribution is -0.125. The fourth-order valence-corrected chi connectivity index (χ4v) is 3.18. The number of amides is 1. The summed E-state index contributed by atoms with van der Waals surface area (Å²) in [7, 11) is 0. The minimum atomic E-state index is -0.562. The van der Waals surface area contributed by atoms with Gasteiger partial charge in [0, 0.05) is 29.0 Å².